The Bertz CT molecular complexity index is 463. The van der Waals surface area contributed by atoms with E-state index in [-0.39, 0.29) is 11.4 Å². The van der Waals surface area contributed by atoms with Gasteiger partial charge in [0.25, 0.3) is 0 Å². The van der Waals surface area contributed by atoms with Crippen molar-refractivity contribution < 1.29 is 9.13 Å². The van der Waals surface area contributed by atoms with Crippen LogP contribution in [0.3, 0.4) is 0 Å². The van der Waals surface area contributed by atoms with Gasteiger partial charge < -0.3 is 10.1 Å². The van der Waals surface area contributed by atoms with Gasteiger partial charge in [-0.25, -0.2) is 4.39 Å². The van der Waals surface area contributed by atoms with Gasteiger partial charge in [-0.3, -0.25) is 0 Å². The molecular formula is C17H24FNO. The van der Waals surface area contributed by atoms with Crippen LogP contribution < -0.4 is 5.32 Å². The van der Waals surface area contributed by atoms with E-state index in [0.717, 1.165) is 25.1 Å². The van der Waals surface area contributed by atoms with Gasteiger partial charge in [-0.2, -0.15) is 0 Å². The fourth-order valence-corrected chi connectivity index (χ4v) is 3.67. The lowest BCUT2D eigenvalue weighted by Gasteiger charge is -2.44. The highest BCUT2D eigenvalue weighted by Crippen LogP contribution is 2.39. The predicted molar refractivity (Wildman–Crippen MR) is 79.5 cm³/mol. The van der Waals surface area contributed by atoms with E-state index in [1.807, 2.05) is 19.1 Å². The van der Waals surface area contributed by atoms with Gasteiger partial charge in [-0.15, -0.1) is 0 Å². The zero-order valence-electron chi connectivity index (χ0n) is 12.3. The summed E-state index contributed by atoms with van der Waals surface area (Å²) in [5.41, 5.74) is 1.85. The van der Waals surface area contributed by atoms with Gasteiger partial charge in [-0.1, -0.05) is 19.3 Å². The van der Waals surface area contributed by atoms with Gasteiger partial charge in [0.15, 0.2) is 0 Å². The first-order valence-electron chi connectivity index (χ1n) is 7.84. The van der Waals surface area contributed by atoms with Crippen molar-refractivity contribution in [2.24, 2.45) is 0 Å². The number of ether oxygens (including phenoxy) is 1. The van der Waals surface area contributed by atoms with Crippen LogP contribution in [-0.2, 0) is 4.74 Å². The maximum Gasteiger partial charge on any atom is 0.126 e. The molecule has 3 heteroatoms. The van der Waals surface area contributed by atoms with Crippen molar-refractivity contribution in [2.45, 2.75) is 63.5 Å². The number of rotatable bonds is 2. The van der Waals surface area contributed by atoms with Gasteiger partial charge in [0.2, 0.25) is 0 Å². The number of benzene rings is 1. The lowest BCUT2D eigenvalue weighted by molar-refractivity contribution is -0.103. The van der Waals surface area contributed by atoms with Crippen LogP contribution in [0.15, 0.2) is 18.2 Å². The SMILES string of the molecule is Cc1cc(NC2CCOC3(CCCCC3)C2)ccc1F. The van der Waals surface area contributed by atoms with E-state index in [1.165, 1.54) is 32.1 Å². The Hall–Kier alpha value is -1.09. The second-order valence-electron chi connectivity index (χ2n) is 6.39. The van der Waals surface area contributed by atoms with E-state index in [2.05, 4.69) is 5.32 Å². The van der Waals surface area contributed by atoms with E-state index in [4.69, 9.17) is 4.74 Å². The minimum absolute atomic E-state index is 0.114. The standard InChI is InChI=1S/C17H24FNO/c1-13-11-14(5-6-16(13)18)19-15-7-10-20-17(12-15)8-3-2-4-9-17/h5-6,11,15,19H,2-4,7-10,12H2,1H3. The van der Waals surface area contributed by atoms with Crippen LogP contribution in [0.4, 0.5) is 10.1 Å². The molecule has 2 fully saturated rings. The van der Waals surface area contributed by atoms with E-state index < -0.39 is 0 Å². The second kappa shape index (κ2) is 5.72. The fourth-order valence-electron chi connectivity index (χ4n) is 3.67. The Morgan fingerprint density at radius 2 is 2.05 bits per heavy atom. The third-order valence-electron chi connectivity index (χ3n) is 4.79. The summed E-state index contributed by atoms with van der Waals surface area (Å²) < 4.78 is 19.4. The van der Waals surface area contributed by atoms with Crippen molar-refractivity contribution in [1.82, 2.24) is 0 Å². The summed E-state index contributed by atoms with van der Waals surface area (Å²) in [5, 5.41) is 3.57. The first-order chi connectivity index (χ1) is 9.67. The highest BCUT2D eigenvalue weighted by atomic mass is 19.1. The van der Waals surface area contributed by atoms with Crippen LogP contribution in [0.2, 0.25) is 0 Å². The van der Waals surface area contributed by atoms with Crippen LogP contribution in [0, 0.1) is 12.7 Å². The number of aryl methyl sites for hydroxylation is 1. The Balaban J connectivity index is 1.66. The molecule has 1 aromatic rings. The first-order valence-corrected chi connectivity index (χ1v) is 7.84. The Labute approximate surface area is 120 Å². The molecule has 1 heterocycles. The lowest BCUT2D eigenvalue weighted by atomic mass is 9.78. The molecular weight excluding hydrogens is 253 g/mol. The fraction of sp³-hybridized carbons (Fsp3) is 0.647. The Kier molecular flexibility index (Phi) is 3.97. The molecule has 3 rings (SSSR count). The van der Waals surface area contributed by atoms with E-state index in [1.54, 1.807) is 6.07 Å². The third-order valence-corrected chi connectivity index (χ3v) is 4.79. The average Bonchev–Trinajstić information content (AvgIpc) is 2.44. The molecule has 110 valence electrons. The molecule has 2 nitrogen and oxygen atoms in total. The maximum atomic E-state index is 13.3. The largest absolute Gasteiger partial charge is 0.382 e. The van der Waals surface area contributed by atoms with Crippen molar-refractivity contribution in [3.8, 4) is 0 Å². The maximum absolute atomic E-state index is 13.3. The van der Waals surface area contributed by atoms with Crippen LogP contribution in [0.5, 0.6) is 0 Å². The molecule has 1 aliphatic carbocycles. The van der Waals surface area contributed by atoms with Crippen LogP contribution >= 0.6 is 0 Å². The molecule has 0 amide bonds. The molecule has 1 spiro atoms. The summed E-state index contributed by atoms with van der Waals surface area (Å²) in [4.78, 5) is 0. The Morgan fingerprint density at radius 1 is 1.25 bits per heavy atom. The van der Waals surface area contributed by atoms with E-state index in [0.29, 0.717) is 11.6 Å². The lowest BCUT2D eigenvalue weighted by Crippen LogP contribution is -2.45. The molecule has 0 aromatic heterocycles. The summed E-state index contributed by atoms with van der Waals surface area (Å²) in [6.07, 6.45) is 8.47. The number of nitrogens with one attached hydrogen (secondary N) is 1. The molecule has 2 aliphatic rings. The molecule has 1 aliphatic heterocycles. The monoisotopic (exact) mass is 277 g/mol. The number of anilines is 1. The summed E-state index contributed by atoms with van der Waals surface area (Å²) in [6.45, 7) is 2.66. The topological polar surface area (TPSA) is 21.3 Å². The summed E-state index contributed by atoms with van der Waals surface area (Å²) >= 11 is 0. The summed E-state index contributed by atoms with van der Waals surface area (Å²) in [6, 6.07) is 5.74. The molecule has 0 bridgehead atoms. The molecule has 1 N–H and O–H groups in total. The van der Waals surface area contributed by atoms with Crippen LogP contribution in [-0.4, -0.2) is 18.2 Å². The molecule has 1 saturated heterocycles. The van der Waals surface area contributed by atoms with Crippen molar-refractivity contribution in [3.05, 3.63) is 29.6 Å². The highest BCUT2D eigenvalue weighted by molar-refractivity contribution is 5.46. The van der Waals surface area contributed by atoms with Gasteiger partial charge in [0, 0.05) is 18.3 Å². The predicted octanol–water partition coefficient (Wildman–Crippen LogP) is 4.43. The molecule has 0 radical (unpaired) electrons. The van der Waals surface area contributed by atoms with Crippen LogP contribution in [0.25, 0.3) is 0 Å². The van der Waals surface area contributed by atoms with Crippen molar-refractivity contribution in [3.63, 3.8) is 0 Å². The first kappa shape index (κ1) is 13.9. The summed E-state index contributed by atoms with van der Waals surface area (Å²) in [5.74, 6) is -0.133. The second-order valence-corrected chi connectivity index (χ2v) is 6.39. The average molecular weight is 277 g/mol. The van der Waals surface area contributed by atoms with Crippen molar-refractivity contribution in [1.29, 1.82) is 0 Å². The molecule has 1 saturated carbocycles. The molecule has 1 aromatic carbocycles. The minimum atomic E-state index is -0.133. The van der Waals surface area contributed by atoms with Gasteiger partial charge in [0.05, 0.1) is 5.60 Å². The third kappa shape index (κ3) is 2.98. The molecule has 20 heavy (non-hydrogen) atoms. The number of halogens is 1. The Morgan fingerprint density at radius 3 is 2.80 bits per heavy atom. The normalized spacial score (nSPS) is 25.6. The molecule has 1 atom stereocenters. The minimum Gasteiger partial charge on any atom is -0.382 e. The number of hydrogen-bond acceptors (Lipinski definition) is 2. The summed E-state index contributed by atoms with van der Waals surface area (Å²) in [7, 11) is 0. The van der Waals surface area contributed by atoms with Gasteiger partial charge in [-0.05, 0) is 56.4 Å². The van der Waals surface area contributed by atoms with E-state index >= 15 is 0 Å². The highest BCUT2D eigenvalue weighted by Gasteiger charge is 2.38. The van der Waals surface area contributed by atoms with Crippen LogP contribution in [0.1, 0.15) is 50.5 Å². The van der Waals surface area contributed by atoms with Crippen molar-refractivity contribution >= 4 is 5.69 Å². The van der Waals surface area contributed by atoms with Gasteiger partial charge in [0.1, 0.15) is 5.82 Å². The zero-order chi connectivity index (χ0) is 14.0. The zero-order valence-corrected chi connectivity index (χ0v) is 12.3. The quantitative estimate of drug-likeness (QED) is 0.863. The number of hydrogen-bond donors (Lipinski definition) is 1. The molecule has 1 unspecified atom stereocenters. The smallest absolute Gasteiger partial charge is 0.126 e. The van der Waals surface area contributed by atoms with E-state index in [9.17, 15) is 4.39 Å². The van der Waals surface area contributed by atoms with Gasteiger partial charge >= 0.3 is 0 Å². The van der Waals surface area contributed by atoms with Crippen molar-refractivity contribution in [2.75, 3.05) is 11.9 Å².